The van der Waals surface area contributed by atoms with Gasteiger partial charge in [-0.25, -0.2) is 0 Å². The fourth-order valence-electron chi connectivity index (χ4n) is 0.883. The number of hydrogen-bond acceptors (Lipinski definition) is 4. The van der Waals surface area contributed by atoms with E-state index in [-0.39, 0.29) is 10.6 Å². The molecule has 0 saturated carbocycles. The molecule has 0 aliphatic carbocycles. The van der Waals surface area contributed by atoms with Crippen LogP contribution in [0.4, 0.5) is 5.69 Å². The Morgan fingerprint density at radius 2 is 1.75 bits per heavy atom. The van der Waals surface area contributed by atoms with Crippen LogP contribution in [0.25, 0.3) is 0 Å². The van der Waals surface area contributed by atoms with Crippen molar-refractivity contribution in [3.63, 3.8) is 0 Å². The molecule has 6 nitrogen and oxygen atoms in total. The molecular formula is C7H4Cl2N2O4S. The summed E-state index contributed by atoms with van der Waals surface area (Å²) in [5, 5.41) is 10.3. The lowest BCUT2D eigenvalue weighted by Crippen LogP contribution is -1.98. The third kappa shape index (κ3) is 3.16. The molecule has 16 heavy (non-hydrogen) atoms. The molecule has 0 N–H and O–H groups in total. The molecule has 1 aromatic carbocycles. The minimum absolute atomic E-state index is 0.222. The van der Waals surface area contributed by atoms with Gasteiger partial charge in [-0.2, -0.15) is 8.42 Å². The van der Waals surface area contributed by atoms with Crippen molar-refractivity contribution in [3.05, 3.63) is 34.4 Å². The van der Waals surface area contributed by atoms with Gasteiger partial charge >= 0.3 is 0 Å². The van der Waals surface area contributed by atoms with Crippen LogP contribution in [-0.4, -0.2) is 18.0 Å². The Kier molecular flexibility index (Phi) is 3.84. The van der Waals surface area contributed by atoms with E-state index in [0.717, 1.165) is 24.3 Å². The number of benzene rings is 1. The number of halogens is 2. The number of nitrogens with zero attached hydrogens (tertiary/aromatic N) is 2. The Balaban J connectivity index is 3.17. The van der Waals surface area contributed by atoms with Gasteiger partial charge in [-0.3, -0.25) is 10.1 Å². The first kappa shape index (κ1) is 12.9. The number of nitro benzene ring substituents is 1. The first-order valence-corrected chi connectivity index (χ1v) is 5.93. The van der Waals surface area contributed by atoms with E-state index in [4.69, 9.17) is 23.2 Å². The highest BCUT2D eigenvalue weighted by molar-refractivity contribution is 7.90. The minimum Gasteiger partial charge on any atom is -0.258 e. The molecule has 0 heterocycles. The summed E-state index contributed by atoms with van der Waals surface area (Å²) in [5.41, 5.74) is -0.222. The molecular weight excluding hydrogens is 279 g/mol. The number of nitro groups is 1. The second-order valence-corrected chi connectivity index (χ2v) is 5.07. The average Bonchev–Trinajstić information content (AvgIpc) is 2.16. The van der Waals surface area contributed by atoms with Crippen molar-refractivity contribution in [2.75, 3.05) is 0 Å². The average molecular weight is 283 g/mol. The van der Waals surface area contributed by atoms with Crippen molar-refractivity contribution < 1.29 is 13.3 Å². The fourth-order valence-corrected chi connectivity index (χ4v) is 2.20. The second-order valence-electron chi connectivity index (χ2n) is 2.56. The van der Waals surface area contributed by atoms with E-state index >= 15 is 0 Å². The zero-order valence-corrected chi connectivity index (χ0v) is 9.83. The van der Waals surface area contributed by atoms with E-state index in [9.17, 15) is 18.5 Å². The lowest BCUT2D eigenvalue weighted by molar-refractivity contribution is -0.384. The smallest absolute Gasteiger partial charge is 0.258 e. The topological polar surface area (TPSA) is 89.6 Å². The first-order chi connectivity index (χ1) is 7.33. The van der Waals surface area contributed by atoms with Gasteiger partial charge in [0.25, 0.3) is 15.7 Å². The van der Waals surface area contributed by atoms with Gasteiger partial charge in [-0.05, 0) is 35.3 Å². The lowest BCUT2D eigenvalue weighted by atomic mass is 10.3. The van der Waals surface area contributed by atoms with Crippen LogP contribution in [0.2, 0.25) is 0 Å². The molecule has 1 aromatic rings. The summed E-state index contributed by atoms with van der Waals surface area (Å²) < 4.78 is 25.1. The maximum Gasteiger partial charge on any atom is 0.284 e. The highest BCUT2D eigenvalue weighted by Gasteiger charge is 2.15. The summed E-state index contributed by atoms with van der Waals surface area (Å²) >= 11 is 10.2. The van der Waals surface area contributed by atoms with Gasteiger partial charge in [0.05, 0.1) is 9.82 Å². The Bertz CT molecular complexity index is 534. The van der Waals surface area contributed by atoms with Gasteiger partial charge in [0.1, 0.15) is 0 Å². The fraction of sp³-hybridized carbons (Fsp3) is 0. The second kappa shape index (κ2) is 4.77. The number of rotatable bonds is 3. The van der Waals surface area contributed by atoms with Gasteiger partial charge in [0.15, 0.2) is 0 Å². The van der Waals surface area contributed by atoms with Crippen LogP contribution in [0, 0.1) is 10.1 Å². The van der Waals surface area contributed by atoms with Crippen molar-refractivity contribution in [2.24, 2.45) is 4.40 Å². The van der Waals surface area contributed by atoms with Crippen LogP contribution >= 0.6 is 23.2 Å². The van der Waals surface area contributed by atoms with Crippen LogP contribution < -0.4 is 0 Å². The SMILES string of the molecule is O=[N+]([O-])c1ccc(S(=O)(=O)N=C(Cl)Cl)cc1. The van der Waals surface area contributed by atoms with Crippen molar-refractivity contribution in [1.29, 1.82) is 0 Å². The predicted molar refractivity (Wildman–Crippen MR) is 59.4 cm³/mol. The predicted octanol–water partition coefficient (Wildman–Crippen LogP) is 2.12. The van der Waals surface area contributed by atoms with E-state index in [1.165, 1.54) is 0 Å². The summed E-state index contributed by atoms with van der Waals surface area (Å²) in [6.45, 7) is 0. The van der Waals surface area contributed by atoms with Crippen LogP contribution in [0.5, 0.6) is 0 Å². The lowest BCUT2D eigenvalue weighted by Gasteiger charge is -1.97. The highest BCUT2D eigenvalue weighted by Crippen LogP contribution is 2.18. The van der Waals surface area contributed by atoms with Crippen LogP contribution in [0.3, 0.4) is 0 Å². The van der Waals surface area contributed by atoms with Crippen LogP contribution in [0.1, 0.15) is 0 Å². The Labute approximate surface area is 101 Å². The molecule has 86 valence electrons. The standard InChI is InChI=1S/C7H4Cl2N2O4S/c8-7(9)10-16(14,15)6-3-1-5(2-4-6)11(12)13/h1-4H. The highest BCUT2D eigenvalue weighted by atomic mass is 35.5. The summed E-state index contributed by atoms with van der Waals surface area (Å²) in [6, 6.07) is 4.19. The quantitative estimate of drug-likeness (QED) is 0.482. The zero-order valence-electron chi connectivity index (χ0n) is 7.50. The van der Waals surface area contributed by atoms with E-state index in [2.05, 4.69) is 4.40 Å². The van der Waals surface area contributed by atoms with Crippen LogP contribution in [0.15, 0.2) is 33.6 Å². The molecule has 1 rings (SSSR count). The third-order valence-corrected chi connectivity index (χ3v) is 3.19. The molecule has 9 heteroatoms. The van der Waals surface area contributed by atoms with Gasteiger partial charge in [0, 0.05) is 12.1 Å². The van der Waals surface area contributed by atoms with Gasteiger partial charge in [-0.1, -0.05) is 0 Å². The largest absolute Gasteiger partial charge is 0.284 e. The van der Waals surface area contributed by atoms with Crippen molar-refractivity contribution in [2.45, 2.75) is 4.90 Å². The Morgan fingerprint density at radius 1 is 1.25 bits per heavy atom. The van der Waals surface area contributed by atoms with Gasteiger partial charge < -0.3 is 0 Å². The van der Waals surface area contributed by atoms with Crippen molar-refractivity contribution in [3.8, 4) is 0 Å². The van der Waals surface area contributed by atoms with E-state index in [1.807, 2.05) is 0 Å². The molecule has 0 aliphatic heterocycles. The maximum absolute atomic E-state index is 11.4. The van der Waals surface area contributed by atoms with E-state index in [1.54, 1.807) is 0 Å². The summed E-state index contributed by atoms with van der Waals surface area (Å²) in [6.07, 6.45) is 0. The molecule has 0 spiro atoms. The molecule has 0 aromatic heterocycles. The molecule has 0 fully saturated rings. The van der Waals surface area contributed by atoms with E-state index in [0.29, 0.717) is 0 Å². The van der Waals surface area contributed by atoms with Gasteiger partial charge in [0.2, 0.25) is 4.63 Å². The van der Waals surface area contributed by atoms with Crippen LogP contribution in [-0.2, 0) is 10.0 Å². The summed E-state index contributed by atoms with van der Waals surface area (Å²) in [5.74, 6) is 0. The first-order valence-electron chi connectivity index (χ1n) is 3.73. The number of sulfonamides is 1. The molecule has 0 bridgehead atoms. The summed E-state index contributed by atoms with van der Waals surface area (Å²) in [4.78, 5) is 9.46. The zero-order chi connectivity index (χ0) is 12.3. The summed E-state index contributed by atoms with van der Waals surface area (Å²) in [7, 11) is -4.00. The molecule has 0 radical (unpaired) electrons. The Hall–Kier alpha value is -1.18. The molecule has 0 atom stereocenters. The van der Waals surface area contributed by atoms with E-state index < -0.39 is 19.6 Å². The molecule has 0 aliphatic rings. The molecule has 0 amide bonds. The van der Waals surface area contributed by atoms with Crippen molar-refractivity contribution in [1.82, 2.24) is 0 Å². The maximum atomic E-state index is 11.4. The number of hydrogen-bond donors (Lipinski definition) is 0. The van der Waals surface area contributed by atoms with Gasteiger partial charge in [-0.15, -0.1) is 4.40 Å². The monoisotopic (exact) mass is 282 g/mol. The van der Waals surface area contributed by atoms with Crippen molar-refractivity contribution >= 4 is 43.5 Å². The Morgan fingerprint density at radius 3 is 2.12 bits per heavy atom. The molecule has 0 saturated heterocycles. The normalized spacial score (nSPS) is 10.9. The number of non-ortho nitro benzene ring substituents is 1. The third-order valence-electron chi connectivity index (χ3n) is 1.53. The minimum atomic E-state index is -4.00. The molecule has 0 unspecified atom stereocenters.